The normalized spacial score (nSPS) is 47.2. The van der Waals surface area contributed by atoms with E-state index in [1.54, 1.807) is 12.2 Å². The van der Waals surface area contributed by atoms with Crippen LogP contribution in [0.2, 0.25) is 0 Å². The summed E-state index contributed by atoms with van der Waals surface area (Å²) < 4.78 is 5.34. The van der Waals surface area contributed by atoms with Crippen LogP contribution in [0.3, 0.4) is 0 Å². The summed E-state index contributed by atoms with van der Waals surface area (Å²) in [6.45, 7) is 10.2. The van der Waals surface area contributed by atoms with Gasteiger partial charge in [-0.3, -0.25) is 14.4 Å². The highest BCUT2D eigenvalue weighted by molar-refractivity contribution is 6.06. The van der Waals surface area contributed by atoms with E-state index < -0.39 is 28.1 Å². The number of rotatable bonds is 1. The molecular weight excluding hydrogens is 454 g/mol. The van der Waals surface area contributed by atoms with Crippen molar-refractivity contribution in [2.24, 2.45) is 45.3 Å². The molecule has 0 radical (unpaired) electrons. The fourth-order valence-electron chi connectivity index (χ4n) is 9.51. The molecule has 0 saturated heterocycles. The number of aliphatic hydroxyl groups is 1. The van der Waals surface area contributed by atoms with Gasteiger partial charge in [0.05, 0.1) is 18.1 Å². The Balaban J connectivity index is 1.66. The Bertz CT molecular complexity index is 1150. The maximum Gasteiger partial charge on any atom is 0.312 e. The number of ether oxygens (including phenoxy) is 1. The molecular formula is C30H39NO5. The van der Waals surface area contributed by atoms with Crippen LogP contribution >= 0.6 is 0 Å². The minimum atomic E-state index is -1.66. The van der Waals surface area contributed by atoms with Gasteiger partial charge in [0.1, 0.15) is 11.7 Å². The molecule has 1 N–H and O–H groups in total. The third kappa shape index (κ3) is 3.08. The first kappa shape index (κ1) is 25.4. The van der Waals surface area contributed by atoms with Crippen molar-refractivity contribution in [3.05, 3.63) is 23.3 Å². The Morgan fingerprint density at radius 1 is 1.06 bits per heavy atom. The maximum absolute atomic E-state index is 14.1. The summed E-state index contributed by atoms with van der Waals surface area (Å²) in [4.78, 5) is 40.2. The van der Waals surface area contributed by atoms with Crippen LogP contribution in [0.1, 0.15) is 79.6 Å². The van der Waals surface area contributed by atoms with E-state index in [0.717, 1.165) is 37.7 Å². The Morgan fingerprint density at radius 2 is 1.75 bits per heavy atom. The second-order valence-corrected chi connectivity index (χ2v) is 13.7. The minimum Gasteiger partial charge on any atom is -0.469 e. The van der Waals surface area contributed by atoms with Gasteiger partial charge in [0.2, 0.25) is 5.78 Å². The van der Waals surface area contributed by atoms with E-state index in [-0.39, 0.29) is 45.9 Å². The lowest BCUT2D eigenvalue weighted by Crippen LogP contribution is -2.63. The summed E-state index contributed by atoms with van der Waals surface area (Å²) in [5.74, 6) is -1.30. The van der Waals surface area contributed by atoms with Gasteiger partial charge in [-0.05, 0) is 80.6 Å². The number of allylic oxidation sites excluding steroid dienone is 3. The monoisotopic (exact) mass is 493 g/mol. The first-order valence-corrected chi connectivity index (χ1v) is 13.4. The van der Waals surface area contributed by atoms with Crippen LogP contribution in [0.15, 0.2) is 23.3 Å². The highest BCUT2D eigenvalue weighted by Gasteiger charge is 2.67. The van der Waals surface area contributed by atoms with Crippen LogP contribution < -0.4 is 0 Å². The average Bonchev–Trinajstić information content (AvgIpc) is 2.81. The van der Waals surface area contributed by atoms with E-state index in [2.05, 4.69) is 20.8 Å². The Kier molecular flexibility index (Phi) is 5.38. The number of nitrogens with zero attached hydrogens (tertiary/aromatic N) is 1. The Hall–Kier alpha value is -2.26. The number of methoxy groups -OCH3 is 1. The molecule has 4 unspecified atom stereocenters. The summed E-state index contributed by atoms with van der Waals surface area (Å²) in [6, 6.07) is 2.00. The van der Waals surface area contributed by atoms with Crippen molar-refractivity contribution in [3.63, 3.8) is 0 Å². The largest absolute Gasteiger partial charge is 0.469 e. The quantitative estimate of drug-likeness (QED) is 0.530. The van der Waals surface area contributed by atoms with Crippen molar-refractivity contribution in [2.75, 3.05) is 7.11 Å². The highest BCUT2D eigenvalue weighted by atomic mass is 16.5. The van der Waals surface area contributed by atoms with E-state index in [1.807, 2.05) is 13.0 Å². The van der Waals surface area contributed by atoms with Gasteiger partial charge in [0.25, 0.3) is 0 Å². The van der Waals surface area contributed by atoms with Gasteiger partial charge in [-0.15, -0.1) is 0 Å². The Labute approximate surface area is 214 Å². The maximum atomic E-state index is 14.1. The molecule has 0 bridgehead atoms. The van der Waals surface area contributed by atoms with Crippen molar-refractivity contribution < 1.29 is 24.2 Å². The molecule has 0 heterocycles. The van der Waals surface area contributed by atoms with Crippen LogP contribution in [-0.4, -0.2) is 35.4 Å². The smallest absolute Gasteiger partial charge is 0.312 e. The molecule has 6 heteroatoms. The third-order valence-corrected chi connectivity index (χ3v) is 11.3. The average molecular weight is 494 g/mol. The van der Waals surface area contributed by atoms with Crippen LogP contribution in [-0.2, 0) is 19.1 Å². The van der Waals surface area contributed by atoms with Crippen LogP contribution in [0.25, 0.3) is 0 Å². The van der Waals surface area contributed by atoms with Crippen LogP contribution in [0, 0.1) is 56.7 Å². The summed E-state index contributed by atoms with van der Waals surface area (Å²) in [5.41, 5.74) is -2.39. The molecule has 5 aliphatic carbocycles. The number of esters is 1. The SMILES string of the molecule is COC(=O)[C@@]12CCC3C(C(=O)C=C4[C@@]5(C)C=C(C#N)C(=O)[C@](C)(O)C5CC[C@]43C)C1CC(C)(C)CC2. The zero-order chi connectivity index (χ0) is 26.5. The topological polar surface area (TPSA) is 104 Å². The van der Waals surface area contributed by atoms with Crippen molar-refractivity contribution >= 4 is 17.5 Å². The number of hydrogen-bond acceptors (Lipinski definition) is 6. The molecule has 5 aliphatic rings. The highest BCUT2D eigenvalue weighted by Crippen LogP contribution is 2.69. The molecule has 0 aliphatic heterocycles. The molecule has 0 spiro atoms. The number of carbonyl (C=O) groups is 3. The molecule has 36 heavy (non-hydrogen) atoms. The van der Waals surface area contributed by atoms with Gasteiger partial charge in [-0.2, -0.15) is 5.26 Å². The van der Waals surface area contributed by atoms with Crippen LogP contribution in [0.5, 0.6) is 0 Å². The Morgan fingerprint density at radius 3 is 2.39 bits per heavy atom. The van der Waals surface area contributed by atoms with Crippen molar-refractivity contribution in [1.82, 2.24) is 0 Å². The number of nitriles is 1. The molecule has 3 saturated carbocycles. The number of hydrogen-bond donors (Lipinski definition) is 1. The summed E-state index contributed by atoms with van der Waals surface area (Å²) in [7, 11) is 1.46. The molecule has 3 fully saturated rings. The zero-order valence-corrected chi connectivity index (χ0v) is 22.4. The molecule has 194 valence electrons. The van der Waals surface area contributed by atoms with Gasteiger partial charge >= 0.3 is 5.97 Å². The van der Waals surface area contributed by atoms with Gasteiger partial charge in [0, 0.05) is 17.3 Å². The van der Waals surface area contributed by atoms with Gasteiger partial charge in [0.15, 0.2) is 5.78 Å². The molecule has 0 aromatic carbocycles. The fourth-order valence-corrected chi connectivity index (χ4v) is 9.51. The first-order valence-electron chi connectivity index (χ1n) is 13.4. The number of ketones is 2. The van der Waals surface area contributed by atoms with Crippen molar-refractivity contribution in [3.8, 4) is 6.07 Å². The van der Waals surface area contributed by atoms with E-state index in [0.29, 0.717) is 12.8 Å². The standard InChI is InChI=1S/C30H39NO5/c1-26(2)11-12-30(25(34)36-6)10-7-18-23(19(30)15-26)20(32)13-22-27(18,3)9-8-21-28(22,4)14-17(16-31)24(33)29(21,5)35/h13-14,18-19,21,23,35H,7-12,15H2,1-6H3/t18?,19?,21?,23?,27-,28-,29+,30+/m0/s1. The second-order valence-electron chi connectivity index (χ2n) is 13.7. The van der Waals surface area contributed by atoms with E-state index in [4.69, 9.17) is 4.74 Å². The molecule has 5 rings (SSSR count). The lowest BCUT2D eigenvalue weighted by molar-refractivity contribution is -0.179. The fraction of sp³-hybridized carbons (Fsp3) is 0.733. The first-order chi connectivity index (χ1) is 16.7. The predicted octanol–water partition coefficient (Wildman–Crippen LogP) is 4.71. The minimum absolute atomic E-state index is 0.0270. The summed E-state index contributed by atoms with van der Waals surface area (Å²) >= 11 is 0. The number of Topliss-reactive ketones (excluding diaryl/α,β-unsaturated/α-hetero) is 1. The van der Waals surface area contributed by atoms with Gasteiger partial charge < -0.3 is 9.84 Å². The third-order valence-electron chi connectivity index (χ3n) is 11.3. The number of fused-ring (bicyclic) bond motifs is 7. The molecule has 8 atom stereocenters. The lowest BCUT2D eigenvalue weighted by Gasteiger charge is -2.64. The van der Waals surface area contributed by atoms with E-state index in [1.165, 1.54) is 14.0 Å². The molecule has 0 aromatic heterocycles. The predicted molar refractivity (Wildman–Crippen MR) is 133 cm³/mol. The summed E-state index contributed by atoms with van der Waals surface area (Å²) in [5, 5.41) is 21.0. The van der Waals surface area contributed by atoms with Gasteiger partial charge in [-0.1, -0.05) is 39.3 Å². The molecule has 0 amide bonds. The van der Waals surface area contributed by atoms with Crippen LogP contribution in [0.4, 0.5) is 0 Å². The van der Waals surface area contributed by atoms with E-state index in [9.17, 15) is 24.8 Å². The summed E-state index contributed by atoms with van der Waals surface area (Å²) in [6.07, 6.45) is 8.87. The molecule has 0 aromatic rings. The van der Waals surface area contributed by atoms with Gasteiger partial charge in [-0.25, -0.2) is 0 Å². The molecule has 6 nitrogen and oxygen atoms in total. The zero-order valence-electron chi connectivity index (χ0n) is 22.4. The number of carbonyl (C=O) groups excluding carboxylic acids is 3. The lowest BCUT2D eigenvalue weighted by atomic mass is 9.39. The van der Waals surface area contributed by atoms with Crippen molar-refractivity contribution in [2.45, 2.75) is 85.2 Å². The van der Waals surface area contributed by atoms with Crippen molar-refractivity contribution in [1.29, 1.82) is 5.26 Å². The second kappa shape index (κ2) is 7.63. The van der Waals surface area contributed by atoms with E-state index >= 15 is 0 Å².